The molecule has 1 heterocycles. The van der Waals surface area contributed by atoms with E-state index in [-0.39, 0.29) is 47.9 Å². The molecule has 2 aromatic carbocycles. The van der Waals surface area contributed by atoms with E-state index < -0.39 is 5.82 Å². The van der Waals surface area contributed by atoms with Gasteiger partial charge in [0, 0.05) is 11.6 Å². The van der Waals surface area contributed by atoms with Crippen LogP contribution in [-0.4, -0.2) is 24.2 Å². The van der Waals surface area contributed by atoms with Crippen molar-refractivity contribution in [2.75, 3.05) is 11.5 Å². The molecule has 1 saturated heterocycles. The standard InChI is InChI=1S/C25H20FNO4/c26-14-6-4-13(5-7-14)21(28)12-31-16-3-1-2-15(10-16)27-24(29)22-17-8-9-18(20-11-19(17)20)23(22)25(27)30/h1-10,17-20,22-23H,11-12H2/t17-,18-,19-,20-,22-,23+/m0/s1. The quantitative estimate of drug-likeness (QED) is 0.423. The van der Waals surface area contributed by atoms with Gasteiger partial charge in [0.2, 0.25) is 11.8 Å². The number of nitrogens with zero attached hydrogens (tertiary/aromatic N) is 1. The van der Waals surface area contributed by atoms with Gasteiger partial charge in [-0.3, -0.25) is 14.4 Å². The monoisotopic (exact) mass is 417 g/mol. The van der Waals surface area contributed by atoms with E-state index in [2.05, 4.69) is 12.2 Å². The number of hydrogen-bond donors (Lipinski definition) is 0. The van der Waals surface area contributed by atoms with Crippen LogP contribution in [0, 0.1) is 41.3 Å². The minimum atomic E-state index is -0.411. The van der Waals surface area contributed by atoms with Crippen LogP contribution in [0.4, 0.5) is 10.1 Å². The van der Waals surface area contributed by atoms with E-state index >= 15 is 0 Å². The zero-order chi connectivity index (χ0) is 21.3. The van der Waals surface area contributed by atoms with Gasteiger partial charge in [0.15, 0.2) is 12.4 Å². The summed E-state index contributed by atoms with van der Waals surface area (Å²) in [6.07, 6.45) is 5.42. The Hall–Kier alpha value is -3.28. The van der Waals surface area contributed by atoms with Crippen molar-refractivity contribution in [2.45, 2.75) is 6.42 Å². The van der Waals surface area contributed by atoms with Crippen LogP contribution < -0.4 is 9.64 Å². The molecule has 1 aliphatic heterocycles. The highest BCUT2D eigenvalue weighted by Crippen LogP contribution is 2.65. The molecule has 0 unspecified atom stereocenters. The van der Waals surface area contributed by atoms with Crippen molar-refractivity contribution in [2.24, 2.45) is 35.5 Å². The van der Waals surface area contributed by atoms with E-state index in [4.69, 9.17) is 4.74 Å². The number of ketones is 1. The van der Waals surface area contributed by atoms with Gasteiger partial charge in [-0.25, -0.2) is 9.29 Å². The Balaban J connectivity index is 1.20. The van der Waals surface area contributed by atoms with Gasteiger partial charge in [0.1, 0.15) is 11.6 Å². The predicted octanol–water partition coefficient (Wildman–Crippen LogP) is 3.64. The number of carbonyl (C=O) groups is 3. The molecule has 4 aliphatic carbocycles. The van der Waals surface area contributed by atoms with Crippen molar-refractivity contribution in [3.05, 3.63) is 72.1 Å². The number of anilines is 1. The van der Waals surface area contributed by atoms with E-state index in [1.807, 2.05) is 0 Å². The average Bonchev–Trinajstić information content (AvgIpc) is 3.56. The average molecular weight is 417 g/mol. The van der Waals surface area contributed by atoms with Crippen LogP contribution in [0.5, 0.6) is 5.75 Å². The molecule has 0 radical (unpaired) electrons. The molecule has 0 spiro atoms. The number of halogens is 1. The number of Topliss-reactive ketones (excluding diaryl/α,β-unsaturated/α-hetero) is 1. The molecule has 5 nitrogen and oxygen atoms in total. The predicted molar refractivity (Wildman–Crippen MR) is 110 cm³/mol. The van der Waals surface area contributed by atoms with Gasteiger partial charge in [0.25, 0.3) is 0 Å². The molecule has 31 heavy (non-hydrogen) atoms. The summed E-state index contributed by atoms with van der Waals surface area (Å²) in [6, 6.07) is 12.0. The number of allylic oxidation sites excluding steroid dienone is 2. The molecular weight excluding hydrogens is 397 g/mol. The van der Waals surface area contributed by atoms with Crippen molar-refractivity contribution in [1.29, 1.82) is 0 Å². The maximum absolute atomic E-state index is 13.2. The van der Waals surface area contributed by atoms with Crippen LogP contribution >= 0.6 is 0 Å². The zero-order valence-electron chi connectivity index (χ0n) is 16.6. The summed E-state index contributed by atoms with van der Waals surface area (Å²) >= 11 is 0. The smallest absolute Gasteiger partial charge is 0.238 e. The normalized spacial score (nSPS) is 32.1. The molecule has 2 amide bonds. The van der Waals surface area contributed by atoms with Gasteiger partial charge in [0.05, 0.1) is 17.5 Å². The van der Waals surface area contributed by atoms with Crippen LogP contribution in [-0.2, 0) is 9.59 Å². The number of imide groups is 1. The summed E-state index contributed by atoms with van der Waals surface area (Å²) in [4.78, 5) is 40.1. The van der Waals surface area contributed by atoms with Gasteiger partial charge in [-0.15, -0.1) is 0 Å². The van der Waals surface area contributed by atoms with E-state index in [0.29, 0.717) is 28.8 Å². The van der Waals surface area contributed by atoms with Gasteiger partial charge >= 0.3 is 0 Å². The third-order valence-electron chi connectivity index (χ3n) is 7.27. The first kappa shape index (κ1) is 18.5. The van der Waals surface area contributed by atoms with Crippen LogP contribution in [0.3, 0.4) is 0 Å². The molecule has 7 rings (SSSR count). The Morgan fingerprint density at radius 1 is 0.968 bits per heavy atom. The fraction of sp³-hybridized carbons (Fsp3) is 0.320. The largest absolute Gasteiger partial charge is 0.485 e. The number of amides is 2. The maximum atomic E-state index is 13.2. The summed E-state index contributed by atoms with van der Waals surface area (Å²) in [5, 5.41) is 0. The molecule has 2 bridgehead atoms. The van der Waals surface area contributed by atoms with Crippen LogP contribution in [0.1, 0.15) is 16.8 Å². The number of rotatable bonds is 5. The minimum absolute atomic E-state index is 0.126. The fourth-order valence-electron chi connectivity index (χ4n) is 5.79. The lowest BCUT2D eigenvalue weighted by Crippen LogP contribution is -2.40. The van der Waals surface area contributed by atoms with Crippen molar-refractivity contribution >= 4 is 23.3 Å². The van der Waals surface area contributed by atoms with Gasteiger partial charge in [-0.1, -0.05) is 18.2 Å². The SMILES string of the molecule is O=C(COc1cccc(N2C(=O)[C@@H]3[C@H]4C=C[C@@H]([C@@H]5C[C@@H]45)[C@@H]3C2=O)c1)c1ccc(F)cc1. The Bertz CT molecular complexity index is 1100. The molecule has 2 saturated carbocycles. The molecule has 0 N–H and O–H groups in total. The Labute approximate surface area is 178 Å². The van der Waals surface area contributed by atoms with E-state index in [1.54, 1.807) is 24.3 Å². The summed E-state index contributed by atoms with van der Waals surface area (Å²) in [5.74, 6) is 0.402. The Kier molecular flexibility index (Phi) is 3.94. The Morgan fingerprint density at radius 2 is 1.61 bits per heavy atom. The lowest BCUT2D eigenvalue weighted by atomic mass is 9.63. The second-order valence-electron chi connectivity index (χ2n) is 8.88. The summed E-state index contributed by atoms with van der Waals surface area (Å²) in [6.45, 7) is -0.223. The summed E-state index contributed by atoms with van der Waals surface area (Å²) in [5.41, 5.74) is 0.831. The van der Waals surface area contributed by atoms with E-state index in [1.165, 1.54) is 29.2 Å². The minimum Gasteiger partial charge on any atom is -0.485 e. The summed E-state index contributed by atoms with van der Waals surface area (Å²) < 4.78 is 18.7. The first-order valence-electron chi connectivity index (χ1n) is 10.6. The lowest BCUT2D eigenvalue weighted by Gasteiger charge is -2.37. The number of hydrogen-bond acceptors (Lipinski definition) is 4. The fourth-order valence-corrected chi connectivity index (χ4v) is 5.79. The molecule has 3 fully saturated rings. The van der Waals surface area contributed by atoms with Crippen LogP contribution in [0.2, 0.25) is 0 Å². The molecule has 156 valence electrons. The highest BCUT2D eigenvalue weighted by Gasteiger charge is 2.67. The lowest BCUT2D eigenvalue weighted by molar-refractivity contribution is -0.124. The molecule has 5 aliphatic rings. The first-order chi connectivity index (χ1) is 15.0. The third-order valence-corrected chi connectivity index (χ3v) is 7.27. The summed E-state index contributed by atoms with van der Waals surface area (Å²) in [7, 11) is 0. The van der Waals surface area contributed by atoms with E-state index in [9.17, 15) is 18.8 Å². The molecule has 6 heteroatoms. The van der Waals surface area contributed by atoms with E-state index in [0.717, 1.165) is 6.42 Å². The van der Waals surface area contributed by atoms with Crippen molar-refractivity contribution in [3.63, 3.8) is 0 Å². The highest BCUT2D eigenvalue weighted by molar-refractivity contribution is 6.22. The Morgan fingerprint density at radius 3 is 2.26 bits per heavy atom. The maximum Gasteiger partial charge on any atom is 0.238 e. The van der Waals surface area contributed by atoms with Crippen LogP contribution in [0.25, 0.3) is 0 Å². The second-order valence-corrected chi connectivity index (χ2v) is 8.88. The topological polar surface area (TPSA) is 63.7 Å². The number of carbonyl (C=O) groups excluding carboxylic acids is 3. The molecule has 6 atom stereocenters. The third kappa shape index (κ3) is 2.77. The molecule has 0 aromatic heterocycles. The van der Waals surface area contributed by atoms with Crippen molar-refractivity contribution in [1.82, 2.24) is 0 Å². The number of benzene rings is 2. The van der Waals surface area contributed by atoms with Crippen molar-refractivity contribution in [3.8, 4) is 5.75 Å². The van der Waals surface area contributed by atoms with Gasteiger partial charge < -0.3 is 4.74 Å². The zero-order valence-corrected chi connectivity index (χ0v) is 16.6. The second kappa shape index (κ2) is 6.61. The molecular formula is C25H20FNO4. The molecule has 2 aromatic rings. The highest BCUT2D eigenvalue weighted by atomic mass is 19.1. The number of ether oxygens (including phenoxy) is 1. The van der Waals surface area contributed by atoms with Gasteiger partial charge in [-0.05, 0) is 66.5 Å². The van der Waals surface area contributed by atoms with Crippen molar-refractivity contribution < 1.29 is 23.5 Å². The first-order valence-corrected chi connectivity index (χ1v) is 10.6. The van der Waals surface area contributed by atoms with Crippen LogP contribution in [0.15, 0.2) is 60.7 Å². The van der Waals surface area contributed by atoms with Gasteiger partial charge in [-0.2, -0.15) is 0 Å².